The molecule has 100 valence electrons. The van der Waals surface area contributed by atoms with Gasteiger partial charge in [-0.1, -0.05) is 12.1 Å². The summed E-state index contributed by atoms with van der Waals surface area (Å²) in [4.78, 5) is 13.8. The van der Waals surface area contributed by atoms with E-state index < -0.39 is 5.54 Å². The molecule has 4 nitrogen and oxygen atoms in total. The van der Waals surface area contributed by atoms with Crippen LogP contribution in [0.4, 0.5) is 5.69 Å². The average Bonchev–Trinajstić information content (AvgIpc) is 2.13. The van der Waals surface area contributed by atoms with Crippen molar-refractivity contribution in [3.63, 3.8) is 0 Å². The van der Waals surface area contributed by atoms with Gasteiger partial charge in [-0.2, -0.15) is 0 Å². The summed E-state index contributed by atoms with van der Waals surface area (Å²) >= 11 is 0. The molecule has 0 saturated carbocycles. The van der Waals surface area contributed by atoms with Gasteiger partial charge in [0.25, 0.3) is 0 Å². The van der Waals surface area contributed by atoms with Crippen LogP contribution in [0.5, 0.6) is 0 Å². The molecule has 0 radical (unpaired) electrons. The molecule has 18 heavy (non-hydrogen) atoms. The third-order valence-electron chi connectivity index (χ3n) is 2.33. The molecule has 4 heteroatoms. The quantitative estimate of drug-likeness (QED) is 0.836. The first-order valence-corrected chi connectivity index (χ1v) is 6.09. The molecule has 1 rings (SSSR count). The molecular weight excluding hydrogens is 226 g/mol. The molecule has 1 aromatic carbocycles. The topological polar surface area (TPSA) is 58.4 Å². The van der Waals surface area contributed by atoms with Gasteiger partial charge >= 0.3 is 0 Å². The summed E-state index contributed by atoms with van der Waals surface area (Å²) in [6.45, 7) is 4.54. The van der Waals surface area contributed by atoms with Gasteiger partial charge in [-0.15, -0.1) is 0 Å². The second-order valence-electron chi connectivity index (χ2n) is 5.65. The minimum atomic E-state index is -0.481. The maximum atomic E-state index is 11.8. The van der Waals surface area contributed by atoms with Gasteiger partial charge in [-0.3, -0.25) is 4.79 Å². The fourth-order valence-corrected chi connectivity index (χ4v) is 1.73. The van der Waals surface area contributed by atoms with Crippen molar-refractivity contribution in [3.05, 3.63) is 29.8 Å². The number of hydrogen-bond acceptors (Lipinski definition) is 3. The number of rotatable bonds is 5. The lowest BCUT2D eigenvalue weighted by atomic mass is 10.0. The van der Waals surface area contributed by atoms with Crippen LogP contribution in [-0.2, 0) is 11.3 Å². The molecule has 0 aromatic heterocycles. The Kier molecular flexibility index (Phi) is 4.87. The van der Waals surface area contributed by atoms with E-state index in [2.05, 4.69) is 10.2 Å². The molecule has 0 saturated heterocycles. The molecule has 0 atom stereocenters. The molecule has 1 amide bonds. The Hall–Kier alpha value is -1.39. The maximum absolute atomic E-state index is 11.8. The number of hydrogen-bond donors (Lipinski definition) is 2. The zero-order chi connectivity index (χ0) is 13.8. The number of carbonyl (C=O) groups is 1. The number of nitrogens with zero attached hydrogens (tertiary/aromatic N) is 1. The summed E-state index contributed by atoms with van der Waals surface area (Å²) in [5, 5.41) is 2.87. The third-order valence-corrected chi connectivity index (χ3v) is 2.33. The van der Waals surface area contributed by atoms with Gasteiger partial charge in [-0.05, 0) is 45.6 Å². The van der Waals surface area contributed by atoms with Crippen LogP contribution in [-0.4, -0.2) is 30.4 Å². The van der Waals surface area contributed by atoms with Crippen molar-refractivity contribution in [2.45, 2.75) is 32.4 Å². The van der Waals surface area contributed by atoms with Crippen molar-refractivity contribution in [3.8, 4) is 0 Å². The lowest BCUT2D eigenvalue weighted by molar-refractivity contribution is -0.117. The molecule has 0 aliphatic heterocycles. The van der Waals surface area contributed by atoms with E-state index in [-0.39, 0.29) is 5.91 Å². The third kappa shape index (κ3) is 5.80. The van der Waals surface area contributed by atoms with Gasteiger partial charge < -0.3 is 16.0 Å². The van der Waals surface area contributed by atoms with Crippen molar-refractivity contribution in [1.29, 1.82) is 0 Å². The predicted molar refractivity (Wildman–Crippen MR) is 75.3 cm³/mol. The summed E-state index contributed by atoms with van der Waals surface area (Å²) in [5.74, 6) is -0.0514. The van der Waals surface area contributed by atoms with Gasteiger partial charge in [-0.25, -0.2) is 0 Å². The fourth-order valence-electron chi connectivity index (χ4n) is 1.73. The van der Waals surface area contributed by atoms with E-state index in [4.69, 9.17) is 5.73 Å². The van der Waals surface area contributed by atoms with E-state index >= 15 is 0 Å². The Balaban J connectivity index is 2.65. The number of nitrogens with one attached hydrogen (secondary N) is 1. The van der Waals surface area contributed by atoms with Crippen molar-refractivity contribution >= 4 is 11.6 Å². The van der Waals surface area contributed by atoms with E-state index in [1.807, 2.05) is 52.2 Å². The summed E-state index contributed by atoms with van der Waals surface area (Å²) in [5.41, 5.74) is 7.33. The number of anilines is 1. The first-order chi connectivity index (χ1) is 8.26. The number of amides is 1. The van der Waals surface area contributed by atoms with Crippen molar-refractivity contribution in [1.82, 2.24) is 4.90 Å². The van der Waals surface area contributed by atoms with E-state index in [0.29, 0.717) is 6.42 Å². The molecule has 0 bridgehead atoms. The molecule has 0 aliphatic rings. The number of benzene rings is 1. The first kappa shape index (κ1) is 14.7. The van der Waals surface area contributed by atoms with Crippen LogP contribution in [0.1, 0.15) is 25.8 Å². The standard InChI is InChI=1S/C14H23N3O/c1-14(2,15)9-13(18)16-12-7-5-6-11(8-12)10-17(3)4/h5-8H,9-10,15H2,1-4H3,(H,16,18). The SMILES string of the molecule is CN(C)Cc1cccc(NC(=O)CC(C)(C)N)c1. The molecule has 3 N–H and O–H groups in total. The van der Waals surface area contributed by atoms with Crippen molar-refractivity contribution in [2.75, 3.05) is 19.4 Å². The van der Waals surface area contributed by atoms with E-state index in [9.17, 15) is 4.79 Å². The zero-order valence-electron chi connectivity index (χ0n) is 11.7. The number of carbonyl (C=O) groups excluding carboxylic acids is 1. The molecule has 0 aliphatic carbocycles. The van der Waals surface area contributed by atoms with Crippen LogP contribution in [0.25, 0.3) is 0 Å². The monoisotopic (exact) mass is 249 g/mol. The smallest absolute Gasteiger partial charge is 0.226 e. The van der Waals surface area contributed by atoms with E-state index in [0.717, 1.165) is 12.2 Å². The zero-order valence-corrected chi connectivity index (χ0v) is 11.7. The van der Waals surface area contributed by atoms with Gasteiger partial charge in [0.15, 0.2) is 0 Å². The van der Waals surface area contributed by atoms with Gasteiger partial charge in [0.05, 0.1) is 0 Å². The average molecular weight is 249 g/mol. The number of nitrogens with two attached hydrogens (primary N) is 1. The second kappa shape index (κ2) is 5.98. The minimum absolute atomic E-state index is 0.0514. The van der Waals surface area contributed by atoms with Crippen LogP contribution < -0.4 is 11.1 Å². The van der Waals surface area contributed by atoms with Gasteiger partial charge in [0.2, 0.25) is 5.91 Å². The Morgan fingerprint density at radius 3 is 2.61 bits per heavy atom. The highest BCUT2D eigenvalue weighted by Gasteiger charge is 2.16. The van der Waals surface area contributed by atoms with Crippen LogP contribution in [0.3, 0.4) is 0 Å². The Bertz CT molecular complexity index is 408. The highest BCUT2D eigenvalue weighted by Crippen LogP contribution is 2.13. The fraction of sp³-hybridized carbons (Fsp3) is 0.500. The normalized spacial score (nSPS) is 11.7. The van der Waals surface area contributed by atoms with Crippen LogP contribution in [0.2, 0.25) is 0 Å². The maximum Gasteiger partial charge on any atom is 0.226 e. The Morgan fingerprint density at radius 1 is 1.39 bits per heavy atom. The lowest BCUT2D eigenvalue weighted by Crippen LogP contribution is -2.36. The molecule has 0 heterocycles. The molecule has 0 spiro atoms. The summed E-state index contributed by atoms with van der Waals surface area (Å²) in [7, 11) is 4.03. The van der Waals surface area contributed by atoms with Crippen LogP contribution in [0, 0.1) is 0 Å². The molecule has 0 fully saturated rings. The second-order valence-corrected chi connectivity index (χ2v) is 5.65. The summed E-state index contributed by atoms with van der Waals surface area (Å²) < 4.78 is 0. The summed E-state index contributed by atoms with van der Waals surface area (Å²) in [6.07, 6.45) is 0.310. The molecular formula is C14H23N3O. The Labute approximate surface area is 109 Å². The highest BCUT2D eigenvalue weighted by molar-refractivity contribution is 5.91. The lowest BCUT2D eigenvalue weighted by Gasteiger charge is -2.18. The van der Waals surface area contributed by atoms with E-state index in [1.54, 1.807) is 0 Å². The van der Waals surface area contributed by atoms with Crippen molar-refractivity contribution in [2.24, 2.45) is 5.73 Å². The first-order valence-electron chi connectivity index (χ1n) is 6.09. The van der Waals surface area contributed by atoms with Gasteiger partial charge in [0, 0.05) is 24.2 Å². The van der Waals surface area contributed by atoms with Crippen LogP contribution in [0.15, 0.2) is 24.3 Å². The van der Waals surface area contributed by atoms with Gasteiger partial charge in [0.1, 0.15) is 0 Å². The molecule has 1 aromatic rings. The van der Waals surface area contributed by atoms with E-state index in [1.165, 1.54) is 5.56 Å². The predicted octanol–water partition coefficient (Wildman–Crippen LogP) is 1.81. The minimum Gasteiger partial charge on any atom is -0.326 e. The Morgan fingerprint density at radius 2 is 2.06 bits per heavy atom. The van der Waals surface area contributed by atoms with Crippen LogP contribution >= 0.6 is 0 Å². The molecule has 0 unspecified atom stereocenters. The highest BCUT2D eigenvalue weighted by atomic mass is 16.1. The summed E-state index contributed by atoms with van der Waals surface area (Å²) in [6, 6.07) is 7.87. The van der Waals surface area contributed by atoms with Crippen molar-refractivity contribution < 1.29 is 4.79 Å². The largest absolute Gasteiger partial charge is 0.326 e.